The maximum atomic E-state index is 13.9. The Morgan fingerprint density at radius 1 is 1.23 bits per heavy atom. The van der Waals surface area contributed by atoms with E-state index >= 15 is 0 Å². The molecule has 2 unspecified atom stereocenters. The normalized spacial score (nSPS) is 17.6. The van der Waals surface area contributed by atoms with Crippen LogP contribution in [0.25, 0.3) is 0 Å². The summed E-state index contributed by atoms with van der Waals surface area (Å²) in [6, 6.07) is 3.95. The van der Waals surface area contributed by atoms with E-state index in [2.05, 4.69) is 20.4 Å². The van der Waals surface area contributed by atoms with Gasteiger partial charge in [0.1, 0.15) is 5.82 Å². The van der Waals surface area contributed by atoms with Gasteiger partial charge in [0, 0.05) is 0 Å². The van der Waals surface area contributed by atoms with Crippen LogP contribution in [0.3, 0.4) is 0 Å². The van der Waals surface area contributed by atoms with Gasteiger partial charge < -0.3 is 20.1 Å². The molecule has 0 radical (unpaired) electrons. The molecular weight excluding hydrogens is 453 g/mol. The van der Waals surface area contributed by atoms with E-state index in [9.17, 15) is 31.5 Å². The number of hydrogen-bond donors (Lipinski definition) is 2. The Morgan fingerprint density at radius 2 is 1.94 bits per heavy atom. The predicted molar refractivity (Wildman–Crippen MR) is 95.4 cm³/mol. The van der Waals surface area contributed by atoms with Gasteiger partial charge in [-0.3, -0.25) is 4.79 Å². The first-order chi connectivity index (χ1) is 14.7. The molecule has 2 aromatic rings. The molecule has 0 aliphatic carbocycles. The second-order valence-electron chi connectivity index (χ2n) is 6.22. The van der Waals surface area contributed by atoms with Gasteiger partial charge in [-0.05, 0) is 29.8 Å². The van der Waals surface area contributed by atoms with E-state index in [1.807, 2.05) is 0 Å². The lowest BCUT2D eigenvalue weighted by atomic mass is 10.0. The summed E-state index contributed by atoms with van der Waals surface area (Å²) in [6.45, 7) is -0.134. The van der Waals surface area contributed by atoms with Crippen molar-refractivity contribution in [3.8, 4) is 5.88 Å². The number of pyridine rings is 1. The molecule has 1 aromatic heterocycles. The van der Waals surface area contributed by atoms with Crippen LogP contribution in [-0.2, 0) is 9.53 Å². The Labute approximate surface area is 176 Å². The van der Waals surface area contributed by atoms with Crippen LogP contribution in [0, 0.1) is 11.6 Å². The summed E-state index contributed by atoms with van der Waals surface area (Å²) >= 11 is 5.78. The third kappa shape index (κ3) is 5.32. The van der Waals surface area contributed by atoms with Crippen LogP contribution in [0.4, 0.5) is 26.7 Å². The van der Waals surface area contributed by atoms with Gasteiger partial charge in [0.2, 0.25) is 0 Å². The second kappa shape index (κ2) is 9.33. The predicted octanol–water partition coefficient (Wildman–Crippen LogP) is 3.27. The highest BCUT2D eigenvalue weighted by Crippen LogP contribution is 2.28. The van der Waals surface area contributed by atoms with Crippen LogP contribution in [-0.4, -0.2) is 42.4 Å². The van der Waals surface area contributed by atoms with E-state index in [0.717, 1.165) is 24.3 Å². The molecule has 1 aromatic carbocycles. The highest BCUT2D eigenvalue weighted by Gasteiger charge is 2.32. The average molecular weight is 466 g/mol. The Kier molecular flexibility index (Phi) is 6.78. The highest BCUT2D eigenvalue weighted by atomic mass is 35.5. The second-order valence-corrected chi connectivity index (χ2v) is 6.62. The lowest BCUT2D eigenvalue weighted by Gasteiger charge is -2.21. The number of nitrogens with zero attached hydrogens (tertiary/aromatic N) is 1. The zero-order chi connectivity index (χ0) is 22.7. The summed E-state index contributed by atoms with van der Waals surface area (Å²) in [6.07, 6.45) is -8.73. The van der Waals surface area contributed by atoms with Gasteiger partial charge in [0.25, 0.3) is 18.1 Å². The monoisotopic (exact) mass is 465 g/mol. The van der Waals surface area contributed by atoms with Crippen molar-refractivity contribution in [2.75, 3.05) is 6.54 Å². The number of aromatic nitrogens is 1. The molecule has 1 fully saturated rings. The number of alkyl halides is 3. The van der Waals surface area contributed by atoms with Gasteiger partial charge in [-0.25, -0.2) is 27.3 Å². The fraction of sp³-hybridized carbons (Fsp3) is 0.278. The number of halogens is 6. The molecule has 166 valence electrons. The van der Waals surface area contributed by atoms with Gasteiger partial charge in [-0.1, -0.05) is 17.7 Å². The summed E-state index contributed by atoms with van der Waals surface area (Å²) in [5, 5.41) is 4.43. The molecule has 1 saturated heterocycles. The molecule has 1 aliphatic rings. The Bertz CT molecular complexity index is 997. The molecular formula is C18H13ClF5N3O4. The average Bonchev–Trinajstić information content (AvgIpc) is 3.16. The molecule has 0 saturated carbocycles. The maximum Gasteiger partial charge on any atom is 0.408 e. The van der Waals surface area contributed by atoms with Crippen LogP contribution in [0.1, 0.15) is 17.3 Å². The van der Waals surface area contributed by atoms with Crippen LogP contribution in [0.5, 0.6) is 5.88 Å². The number of ether oxygens (including phenoxy) is 2. The van der Waals surface area contributed by atoms with Crippen LogP contribution < -0.4 is 15.4 Å². The number of benzene rings is 1. The molecule has 7 nitrogen and oxygen atoms in total. The number of nitrogens with one attached hydrogen (secondary N) is 2. The lowest BCUT2D eigenvalue weighted by Crippen LogP contribution is -2.39. The quantitative estimate of drug-likeness (QED) is 0.613. The number of cyclic esters (lactones) is 1. The SMILES string of the molecule is O=C1NCC(C(=O)N[C@H](c2ccc(F)c(Cl)c2)c2ccc(F)c(OC(F)C(F)F)n2)O1. The molecule has 2 N–H and O–H groups in total. The Morgan fingerprint density at radius 3 is 2.55 bits per heavy atom. The number of rotatable bonds is 7. The smallest absolute Gasteiger partial charge is 0.408 e. The fourth-order valence-electron chi connectivity index (χ4n) is 2.63. The molecule has 31 heavy (non-hydrogen) atoms. The molecule has 0 spiro atoms. The first-order valence-corrected chi connectivity index (χ1v) is 8.98. The minimum Gasteiger partial charge on any atom is -0.435 e. The van der Waals surface area contributed by atoms with E-state index in [-0.39, 0.29) is 22.8 Å². The summed E-state index contributed by atoms with van der Waals surface area (Å²) in [7, 11) is 0. The van der Waals surface area contributed by atoms with Crippen molar-refractivity contribution in [2.24, 2.45) is 0 Å². The van der Waals surface area contributed by atoms with Crippen LogP contribution in [0.15, 0.2) is 30.3 Å². The summed E-state index contributed by atoms with van der Waals surface area (Å²) in [5.74, 6) is -3.87. The molecule has 13 heteroatoms. The minimum atomic E-state index is -3.55. The molecule has 0 bridgehead atoms. The van der Waals surface area contributed by atoms with Crippen molar-refractivity contribution in [1.82, 2.24) is 15.6 Å². The third-order valence-electron chi connectivity index (χ3n) is 4.09. The van der Waals surface area contributed by atoms with Gasteiger partial charge in [0.15, 0.2) is 11.9 Å². The van der Waals surface area contributed by atoms with E-state index in [1.54, 1.807) is 0 Å². The first kappa shape index (κ1) is 22.5. The zero-order valence-corrected chi connectivity index (χ0v) is 16.0. The van der Waals surface area contributed by atoms with Crippen LogP contribution >= 0.6 is 11.6 Å². The molecule has 2 amide bonds. The number of alkyl carbamates (subject to hydrolysis) is 1. The topological polar surface area (TPSA) is 89.6 Å². The van der Waals surface area contributed by atoms with Crippen molar-refractivity contribution >= 4 is 23.6 Å². The van der Waals surface area contributed by atoms with Crippen molar-refractivity contribution in [3.05, 3.63) is 58.2 Å². The minimum absolute atomic E-state index is 0.134. The number of amides is 2. The number of hydrogen-bond acceptors (Lipinski definition) is 5. The summed E-state index contributed by atoms with van der Waals surface area (Å²) < 4.78 is 74.5. The zero-order valence-electron chi connectivity index (χ0n) is 15.3. The Hall–Kier alpha value is -3.15. The standard InChI is InChI=1S/C18H13ClF5N3O4/c19-8-5-7(1-2-9(8)20)13(27-16(28)12-6-25-18(29)30-12)11-4-3-10(21)17(26-11)31-15(24)14(22)23/h1-5,12-15H,6H2,(H,25,29)(H,27,28)/t12?,13-,15?/m1/s1. The summed E-state index contributed by atoms with van der Waals surface area (Å²) in [4.78, 5) is 27.3. The van der Waals surface area contributed by atoms with Crippen molar-refractivity contribution < 1.29 is 41.0 Å². The van der Waals surface area contributed by atoms with Crippen molar-refractivity contribution in [1.29, 1.82) is 0 Å². The Balaban J connectivity index is 1.96. The highest BCUT2D eigenvalue weighted by molar-refractivity contribution is 6.30. The molecule has 1 aliphatic heterocycles. The van der Waals surface area contributed by atoms with E-state index < -0.39 is 54.4 Å². The molecule has 2 heterocycles. The van der Waals surface area contributed by atoms with E-state index in [4.69, 9.17) is 16.3 Å². The third-order valence-corrected chi connectivity index (χ3v) is 4.38. The van der Waals surface area contributed by atoms with Gasteiger partial charge in [0.05, 0.1) is 23.3 Å². The van der Waals surface area contributed by atoms with Crippen molar-refractivity contribution in [2.45, 2.75) is 24.9 Å². The van der Waals surface area contributed by atoms with Crippen LogP contribution in [0.2, 0.25) is 5.02 Å². The van der Waals surface area contributed by atoms with Crippen molar-refractivity contribution in [3.63, 3.8) is 0 Å². The van der Waals surface area contributed by atoms with Gasteiger partial charge in [-0.2, -0.15) is 4.39 Å². The molecule has 3 rings (SSSR count). The molecule has 3 atom stereocenters. The van der Waals surface area contributed by atoms with Gasteiger partial charge in [-0.15, -0.1) is 0 Å². The van der Waals surface area contributed by atoms with E-state index in [1.165, 1.54) is 6.07 Å². The maximum absolute atomic E-state index is 13.9. The number of carbonyl (C=O) groups excluding carboxylic acids is 2. The van der Waals surface area contributed by atoms with E-state index in [0.29, 0.717) is 0 Å². The lowest BCUT2D eigenvalue weighted by molar-refractivity contribution is -0.128. The fourth-order valence-corrected chi connectivity index (χ4v) is 2.82. The number of carbonyl (C=O) groups is 2. The van der Waals surface area contributed by atoms with Gasteiger partial charge >= 0.3 is 12.5 Å². The first-order valence-electron chi connectivity index (χ1n) is 8.61. The largest absolute Gasteiger partial charge is 0.435 e. The summed E-state index contributed by atoms with van der Waals surface area (Å²) in [5.41, 5.74) is -0.0149.